The summed E-state index contributed by atoms with van der Waals surface area (Å²) < 4.78 is 1.52. The van der Waals surface area contributed by atoms with E-state index in [-0.39, 0.29) is 0 Å². The fourth-order valence-corrected chi connectivity index (χ4v) is 1.78. The van der Waals surface area contributed by atoms with Crippen LogP contribution < -0.4 is 0 Å². The van der Waals surface area contributed by atoms with Crippen molar-refractivity contribution in [3.8, 4) is 6.07 Å². The summed E-state index contributed by atoms with van der Waals surface area (Å²) in [6.45, 7) is 1.81. The molecule has 0 saturated carbocycles. The average Bonchev–Trinajstić information content (AvgIpc) is 2.63. The monoisotopic (exact) mass is 233 g/mol. The largest absolute Gasteiger partial charge is 0.227 e. The fourth-order valence-electron chi connectivity index (χ4n) is 1.03. The molecule has 0 aliphatic carbocycles. The van der Waals surface area contributed by atoms with E-state index >= 15 is 0 Å². The van der Waals surface area contributed by atoms with Gasteiger partial charge in [-0.05, 0) is 35.2 Å². The van der Waals surface area contributed by atoms with Crippen molar-refractivity contribution in [2.24, 2.45) is 7.05 Å². The number of hydrogen-bond donors (Lipinski definition) is 0. The van der Waals surface area contributed by atoms with Crippen LogP contribution in [0.5, 0.6) is 0 Å². The molecular weight excluding hydrogens is 226 g/mol. The van der Waals surface area contributed by atoms with Crippen LogP contribution in [0, 0.1) is 18.3 Å². The van der Waals surface area contributed by atoms with E-state index in [1.54, 1.807) is 13.1 Å². The van der Waals surface area contributed by atoms with Crippen LogP contribution in [0.3, 0.4) is 0 Å². The number of tetrazole rings is 1. The van der Waals surface area contributed by atoms with E-state index in [0.29, 0.717) is 16.0 Å². The molecule has 0 unspecified atom stereocenters. The van der Waals surface area contributed by atoms with E-state index < -0.39 is 0 Å². The molecule has 0 fully saturated rings. The Morgan fingerprint density at radius 1 is 1.44 bits per heavy atom. The van der Waals surface area contributed by atoms with Gasteiger partial charge in [0.05, 0.1) is 0 Å². The van der Waals surface area contributed by atoms with Gasteiger partial charge in [-0.2, -0.15) is 5.26 Å². The molecule has 2 rings (SSSR count). The first-order valence-electron chi connectivity index (χ1n) is 4.35. The van der Waals surface area contributed by atoms with Crippen LogP contribution in [-0.2, 0) is 7.05 Å². The first kappa shape index (κ1) is 10.5. The van der Waals surface area contributed by atoms with E-state index in [0.717, 1.165) is 5.69 Å². The number of nitrogens with zero attached hydrogens (tertiary/aromatic N) is 7. The summed E-state index contributed by atoms with van der Waals surface area (Å²) in [6, 6.07) is 3.60. The van der Waals surface area contributed by atoms with Gasteiger partial charge in [-0.25, -0.2) is 14.6 Å². The lowest BCUT2D eigenvalue weighted by molar-refractivity contribution is 0.663. The van der Waals surface area contributed by atoms with Gasteiger partial charge < -0.3 is 0 Å². The highest BCUT2D eigenvalue weighted by Crippen LogP contribution is 2.21. The van der Waals surface area contributed by atoms with Gasteiger partial charge in [-0.3, -0.25) is 0 Å². The van der Waals surface area contributed by atoms with E-state index in [2.05, 4.69) is 25.5 Å². The van der Waals surface area contributed by atoms with Crippen LogP contribution >= 0.6 is 11.8 Å². The maximum Gasteiger partial charge on any atom is 0.216 e. The molecule has 0 atom stereocenters. The summed E-state index contributed by atoms with van der Waals surface area (Å²) >= 11 is 1.22. The lowest BCUT2D eigenvalue weighted by atomic mass is 10.4. The Labute approximate surface area is 95.5 Å². The first-order chi connectivity index (χ1) is 7.69. The Morgan fingerprint density at radius 2 is 2.25 bits per heavy atom. The fraction of sp³-hybridized carbons (Fsp3) is 0.250. The van der Waals surface area contributed by atoms with E-state index in [9.17, 15) is 0 Å². The highest BCUT2D eigenvalue weighted by atomic mass is 32.2. The summed E-state index contributed by atoms with van der Waals surface area (Å²) in [5, 5.41) is 20.8. The molecule has 0 bridgehead atoms. The highest BCUT2D eigenvalue weighted by Gasteiger charge is 2.08. The van der Waals surface area contributed by atoms with E-state index in [4.69, 9.17) is 5.26 Å². The smallest absolute Gasteiger partial charge is 0.216 e. The van der Waals surface area contributed by atoms with E-state index in [1.165, 1.54) is 16.4 Å². The number of rotatable bonds is 2. The SMILES string of the molecule is Cc1cc(C#N)nc(Sc2nnnn2C)n1. The molecule has 0 saturated heterocycles. The molecule has 8 heteroatoms. The van der Waals surface area contributed by atoms with Crippen LogP contribution in [0.25, 0.3) is 0 Å². The Morgan fingerprint density at radius 3 is 2.88 bits per heavy atom. The minimum absolute atomic E-state index is 0.338. The van der Waals surface area contributed by atoms with Crippen molar-refractivity contribution < 1.29 is 0 Å². The number of hydrogen-bond acceptors (Lipinski definition) is 7. The molecule has 0 N–H and O–H groups in total. The molecule has 0 aliphatic rings. The topological polar surface area (TPSA) is 93.2 Å². The van der Waals surface area contributed by atoms with Gasteiger partial charge in [0.2, 0.25) is 5.16 Å². The normalized spacial score (nSPS) is 10.1. The second-order valence-corrected chi connectivity index (χ2v) is 3.91. The van der Waals surface area contributed by atoms with Crippen LogP contribution in [-0.4, -0.2) is 30.2 Å². The van der Waals surface area contributed by atoms with Gasteiger partial charge in [-0.1, -0.05) is 0 Å². The second kappa shape index (κ2) is 4.24. The molecule has 16 heavy (non-hydrogen) atoms. The third kappa shape index (κ3) is 2.14. The maximum atomic E-state index is 8.77. The van der Waals surface area contributed by atoms with Crippen molar-refractivity contribution in [3.63, 3.8) is 0 Å². The zero-order valence-electron chi connectivity index (χ0n) is 8.62. The van der Waals surface area contributed by atoms with Crippen LogP contribution in [0.4, 0.5) is 0 Å². The van der Waals surface area contributed by atoms with Crippen LogP contribution in [0.1, 0.15) is 11.4 Å². The zero-order chi connectivity index (χ0) is 11.5. The van der Waals surface area contributed by atoms with Gasteiger partial charge in [0.15, 0.2) is 5.16 Å². The quantitative estimate of drug-likeness (QED) is 0.690. The van der Waals surface area contributed by atoms with Crippen molar-refractivity contribution in [1.29, 1.82) is 5.26 Å². The number of aryl methyl sites for hydroxylation is 2. The lowest BCUT2D eigenvalue weighted by Gasteiger charge is -1.99. The third-order valence-corrected chi connectivity index (χ3v) is 2.61. The van der Waals surface area contributed by atoms with Crippen molar-refractivity contribution in [1.82, 2.24) is 30.2 Å². The number of aromatic nitrogens is 6. The summed E-state index contributed by atoms with van der Waals surface area (Å²) in [6.07, 6.45) is 0. The van der Waals surface area contributed by atoms with E-state index in [1.807, 2.05) is 13.0 Å². The predicted octanol–water partition coefficient (Wildman–Crippen LogP) is 0.331. The van der Waals surface area contributed by atoms with Crippen LogP contribution in [0.15, 0.2) is 16.4 Å². The number of nitriles is 1. The molecule has 80 valence electrons. The summed E-state index contributed by atoms with van der Waals surface area (Å²) in [7, 11) is 1.73. The van der Waals surface area contributed by atoms with Gasteiger partial charge in [0.25, 0.3) is 0 Å². The van der Waals surface area contributed by atoms with Crippen molar-refractivity contribution in [2.75, 3.05) is 0 Å². The van der Waals surface area contributed by atoms with Crippen LogP contribution in [0.2, 0.25) is 0 Å². The molecule has 2 heterocycles. The molecule has 7 nitrogen and oxygen atoms in total. The van der Waals surface area contributed by atoms with Crippen molar-refractivity contribution in [2.45, 2.75) is 17.2 Å². The molecule has 2 aromatic rings. The first-order valence-corrected chi connectivity index (χ1v) is 5.16. The molecule has 0 spiro atoms. The van der Waals surface area contributed by atoms with Gasteiger partial charge in [0, 0.05) is 12.7 Å². The molecule has 0 aromatic carbocycles. The van der Waals surface area contributed by atoms with Crippen molar-refractivity contribution >= 4 is 11.8 Å². The Balaban J connectivity index is 2.32. The molecule has 0 amide bonds. The summed E-state index contributed by atoms with van der Waals surface area (Å²) in [4.78, 5) is 8.24. The second-order valence-electron chi connectivity index (χ2n) is 2.98. The Bertz CT molecular complexity index is 556. The Hall–Kier alpha value is -2.01. The minimum atomic E-state index is 0.338. The summed E-state index contributed by atoms with van der Waals surface area (Å²) in [5.41, 5.74) is 1.08. The molecule has 0 radical (unpaired) electrons. The Kier molecular flexibility index (Phi) is 2.78. The lowest BCUT2D eigenvalue weighted by Crippen LogP contribution is -1.97. The maximum absolute atomic E-state index is 8.77. The van der Waals surface area contributed by atoms with Gasteiger partial charge in [-0.15, -0.1) is 5.10 Å². The highest BCUT2D eigenvalue weighted by molar-refractivity contribution is 7.99. The predicted molar refractivity (Wildman–Crippen MR) is 54.4 cm³/mol. The van der Waals surface area contributed by atoms with Crippen molar-refractivity contribution in [3.05, 3.63) is 17.5 Å². The average molecular weight is 233 g/mol. The van der Waals surface area contributed by atoms with Gasteiger partial charge in [0.1, 0.15) is 11.8 Å². The molecule has 0 aliphatic heterocycles. The van der Waals surface area contributed by atoms with Gasteiger partial charge >= 0.3 is 0 Å². The summed E-state index contributed by atoms with van der Waals surface area (Å²) in [5.74, 6) is 0. The zero-order valence-corrected chi connectivity index (χ0v) is 9.43. The molecular formula is C8H7N7S. The third-order valence-electron chi connectivity index (χ3n) is 1.71. The minimum Gasteiger partial charge on any atom is -0.227 e. The standard InChI is InChI=1S/C8H7N7S/c1-5-3-6(4-9)11-7(10-5)16-8-12-13-14-15(8)2/h3H,1-2H3. The molecule has 2 aromatic heterocycles.